The molecule has 5 heteroatoms. The Morgan fingerprint density at radius 3 is 1.20 bits per heavy atom. The summed E-state index contributed by atoms with van der Waals surface area (Å²) >= 11 is 0. The Kier molecular flexibility index (Phi) is 10.5. The zero-order chi connectivity index (χ0) is 42.6. The third kappa shape index (κ3) is 8.20. The normalized spacial score (nSPS) is 14.6. The van der Waals surface area contributed by atoms with Crippen LogP contribution < -0.4 is 15.3 Å². The molecule has 0 aliphatic carbocycles. The molecule has 0 atom stereocenters. The monoisotopic (exact) mass is 779 g/mol. The van der Waals surface area contributed by atoms with Crippen molar-refractivity contribution in [1.82, 2.24) is 0 Å². The number of rotatable bonds is 4. The van der Waals surface area contributed by atoms with Crippen LogP contribution in [0, 0.1) is 0 Å². The molecule has 56 heavy (non-hydrogen) atoms. The Bertz CT molecular complexity index is 2330. The van der Waals surface area contributed by atoms with E-state index in [1.54, 1.807) is 19.2 Å². The molecule has 0 spiro atoms. The Labute approximate surface area is 338 Å². The Balaban J connectivity index is 1.99. The molecular formula is C51H71O4P. The van der Waals surface area contributed by atoms with Crippen molar-refractivity contribution >= 4 is 39.4 Å². The molecule has 0 heterocycles. The number of fused-ring (bicyclic) bond motifs is 2. The maximum atomic E-state index is 13.1. The second-order valence-corrected chi connectivity index (χ2v) is 25.5. The Morgan fingerprint density at radius 2 is 0.804 bits per heavy atom. The second-order valence-electron chi connectivity index (χ2n) is 22.6. The molecule has 0 fully saturated rings. The van der Waals surface area contributed by atoms with E-state index < -0.39 is 12.7 Å². The quantitative estimate of drug-likeness (QED) is 0.159. The van der Waals surface area contributed by atoms with Gasteiger partial charge in [0.15, 0.2) is 0 Å². The zero-order valence-corrected chi connectivity index (χ0v) is 38.9. The molecule has 0 aromatic heterocycles. The summed E-state index contributed by atoms with van der Waals surface area (Å²) < 4.78 is 5.82. The fourth-order valence-electron chi connectivity index (χ4n) is 8.05. The van der Waals surface area contributed by atoms with Crippen molar-refractivity contribution in [2.24, 2.45) is 0 Å². The summed E-state index contributed by atoms with van der Waals surface area (Å²) in [5.74, 6) is 0.564. The van der Waals surface area contributed by atoms with Gasteiger partial charge in [-0.3, -0.25) is 0 Å². The molecule has 0 saturated heterocycles. The summed E-state index contributed by atoms with van der Waals surface area (Å²) in [5.41, 5.74) is 6.44. The first kappa shape index (κ1) is 43.8. The van der Waals surface area contributed by atoms with E-state index >= 15 is 0 Å². The van der Waals surface area contributed by atoms with Crippen molar-refractivity contribution in [1.29, 1.82) is 0 Å². The summed E-state index contributed by atoms with van der Waals surface area (Å²) in [5, 5.41) is 4.43. The van der Waals surface area contributed by atoms with E-state index in [0.29, 0.717) is 16.9 Å². The van der Waals surface area contributed by atoms with Crippen LogP contribution in [0.3, 0.4) is 0 Å². The van der Waals surface area contributed by atoms with Gasteiger partial charge in [-0.1, -0.05) is 0 Å². The SMILES string of the molecule is COc1ccc(P(O)(O)(O)c2cc3c(C(C)(C)C)cc(C(C)(C)C)cc3cc2C(C)(C)C)c(-c2cc3c(C(C)(C)C)cc(C(C)(C)C)cc3cc2C(C)(C)C)c1. The fraction of sp³-hybridized carbons (Fsp3) is 0.490. The molecule has 0 saturated carbocycles. The van der Waals surface area contributed by atoms with Gasteiger partial charge in [0.1, 0.15) is 0 Å². The third-order valence-corrected chi connectivity index (χ3v) is 14.0. The standard InChI is InChI=1S/C51H71O4P/c1-46(2,3)33-22-31-24-40(48(7,8)9)38(29-36(31)41(26-33)49(10,11)12)39-28-35(55-19)20-21-44(39)56(52,53,54)45-30-37-32(25-43(45)51(16,17)18)23-34(47(4,5)6)27-42(37)50(13,14)15/h20-30,52-54H,1-19H3. The van der Waals surface area contributed by atoms with Crippen molar-refractivity contribution in [2.75, 3.05) is 7.11 Å². The molecule has 0 aliphatic heterocycles. The summed E-state index contributed by atoms with van der Waals surface area (Å²) in [6.45, 7) is 39.5. The molecule has 4 nitrogen and oxygen atoms in total. The minimum absolute atomic E-state index is 0.0532. The molecular weight excluding hydrogens is 708 g/mol. The maximum absolute atomic E-state index is 13.1. The van der Waals surface area contributed by atoms with Crippen molar-refractivity contribution < 1.29 is 19.4 Å². The topological polar surface area (TPSA) is 69.9 Å². The van der Waals surface area contributed by atoms with Crippen LogP contribution in [0.25, 0.3) is 32.7 Å². The third-order valence-electron chi connectivity index (χ3n) is 11.5. The van der Waals surface area contributed by atoms with Crippen LogP contribution in [-0.2, 0) is 32.5 Å². The number of benzene rings is 5. The predicted molar refractivity (Wildman–Crippen MR) is 245 cm³/mol. The summed E-state index contributed by atoms with van der Waals surface area (Å²) in [6, 6.07) is 22.8. The Morgan fingerprint density at radius 1 is 0.393 bits per heavy atom. The molecule has 0 aliphatic rings. The van der Waals surface area contributed by atoms with Crippen LogP contribution in [0.5, 0.6) is 5.75 Å². The van der Waals surface area contributed by atoms with Gasteiger partial charge in [-0.05, 0) is 0 Å². The van der Waals surface area contributed by atoms with E-state index in [2.05, 4.69) is 167 Å². The molecule has 5 aromatic rings. The summed E-state index contributed by atoms with van der Waals surface area (Å²) in [6.07, 6.45) is 0. The molecule has 0 amide bonds. The van der Waals surface area contributed by atoms with E-state index in [1.165, 1.54) is 16.7 Å². The van der Waals surface area contributed by atoms with Gasteiger partial charge in [-0.15, -0.1) is 0 Å². The van der Waals surface area contributed by atoms with Crippen molar-refractivity contribution in [3.8, 4) is 16.9 Å². The molecule has 0 radical (unpaired) electrons. The van der Waals surface area contributed by atoms with Gasteiger partial charge >= 0.3 is 340 Å². The van der Waals surface area contributed by atoms with Gasteiger partial charge in [0.25, 0.3) is 0 Å². The average molecular weight is 779 g/mol. The van der Waals surface area contributed by atoms with Crippen LogP contribution >= 0.6 is 7.28 Å². The summed E-state index contributed by atoms with van der Waals surface area (Å²) in [7, 11) is -4.32. The Hall–Kier alpha value is -3.27. The van der Waals surface area contributed by atoms with Gasteiger partial charge in [0.05, 0.1) is 0 Å². The van der Waals surface area contributed by atoms with Crippen LogP contribution in [0.1, 0.15) is 158 Å². The van der Waals surface area contributed by atoms with Crippen LogP contribution in [0.2, 0.25) is 0 Å². The van der Waals surface area contributed by atoms with E-state index in [9.17, 15) is 14.7 Å². The molecule has 5 rings (SSSR count). The number of ether oxygens (including phenoxy) is 1. The molecule has 0 unspecified atom stereocenters. The van der Waals surface area contributed by atoms with E-state index in [4.69, 9.17) is 4.74 Å². The number of methoxy groups -OCH3 is 1. The minimum atomic E-state index is -5.94. The molecule has 304 valence electrons. The van der Waals surface area contributed by atoms with Crippen LogP contribution in [0.15, 0.2) is 66.7 Å². The van der Waals surface area contributed by atoms with Crippen molar-refractivity contribution in [2.45, 2.75) is 157 Å². The molecule has 3 N–H and O–H groups in total. The van der Waals surface area contributed by atoms with E-state index in [1.807, 2.05) is 12.1 Å². The zero-order valence-electron chi connectivity index (χ0n) is 38.0. The van der Waals surface area contributed by atoms with E-state index in [0.717, 1.165) is 38.2 Å². The van der Waals surface area contributed by atoms with Crippen LogP contribution in [-0.4, -0.2) is 21.8 Å². The molecule has 0 bridgehead atoms. The predicted octanol–water partition coefficient (Wildman–Crippen LogP) is 12.7. The van der Waals surface area contributed by atoms with Gasteiger partial charge in [0.2, 0.25) is 0 Å². The first-order chi connectivity index (χ1) is 25.0. The van der Waals surface area contributed by atoms with Gasteiger partial charge in [0, 0.05) is 0 Å². The fourth-order valence-corrected chi connectivity index (χ4v) is 10.5. The second kappa shape index (κ2) is 13.4. The molecule has 5 aromatic carbocycles. The number of hydrogen-bond donors (Lipinski definition) is 3. The van der Waals surface area contributed by atoms with Crippen LogP contribution in [0.4, 0.5) is 0 Å². The van der Waals surface area contributed by atoms with Gasteiger partial charge in [-0.2, -0.15) is 0 Å². The van der Waals surface area contributed by atoms with Crippen molar-refractivity contribution in [3.63, 3.8) is 0 Å². The average Bonchev–Trinajstić information content (AvgIpc) is 3.02. The first-order valence-corrected chi connectivity index (χ1v) is 22.4. The first-order valence-electron chi connectivity index (χ1n) is 20.3. The van der Waals surface area contributed by atoms with Gasteiger partial charge in [-0.25, -0.2) is 0 Å². The van der Waals surface area contributed by atoms with Gasteiger partial charge < -0.3 is 0 Å². The summed E-state index contributed by atoms with van der Waals surface area (Å²) in [4.78, 5) is 39.4. The number of hydrogen-bond acceptors (Lipinski definition) is 4. The van der Waals surface area contributed by atoms with E-state index in [-0.39, 0.29) is 37.7 Å². The van der Waals surface area contributed by atoms with Crippen molar-refractivity contribution in [3.05, 3.63) is 100 Å².